The Balaban J connectivity index is 1.86. The van der Waals surface area contributed by atoms with E-state index in [2.05, 4.69) is 48.5 Å². The van der Waals surface area contributed by atoms with Crippen molar-refractivity contribution in [1.29, 1.82) is 0 Å². The summed E-state index contributed by atoms with van der Waals surface area (Å²) < 4.78 is 4.94. The van der Waals surface area contributed by atoms with Gasteiger partial charge in [0.25, 0.3) is 0 Å². The van der Waals surface area contributed by atoms with E-state index in [9.17, 15) is 9.59 Å². The average Bonchev–Trinajstić information content (AvgIpc) is 3.09. The quantitative estimate of drug-likeness (QED) is 0.580. The molecule has 1 aromatic heterocycles. The molecule has 29 heavy (non-hydrogen) atoms. The van der Waals surface area contributed by atoms with Gasteiger partial charge in [0.2, 0.25) is 11.8 Å². The maximum Gasteiger partial charge on any atom is 0.240 e. The van der Waals surface area contributed by atoms with Crippen LogP contribution in [0.3, 0.4) is 0 Å². The first-order chi connectivity index (χ1) is 13.8. The summed E-state index contributed by atoms with van der Waals surface area (Å²) >= 11 is 1.40. The second-order valence-electron chi connectivity index (χ2n) is 7.21. The van der Waals surface area contributed by atoms with Crippen molar-refractivity contribution in [2.75, 3.05) is 45.7 Å². The largest absolute Gasteiger partial charge is 0.385 e. The third kappa shape index (κ3) is 7.23. The predicted octanol–water partition coefficient (Wildman–Crippen LogP) is 2.76. The number of rotatable bonds is 10. The van der Waals surface area contributed by atoms with Crippen LogP contribution in [0.25, 0.3) is 11.3 Å². The van der Waals surface area contributed by atoms with Gasteiger partial charge in [-0.2, -0.15) is 0 Å². The molecule has 0 spiro atoms. The van der Waals surface area contributed by atoms with Gasteiger partial charge >= 0.3 is 0 Å². The Kier molecular flexibility index (Phi) is 8.75. The standard InChI is InChI=1S/C21H30N4O3S/c1-14-9-16(3)17(10-15(14)2)18-13-29-21(23-18)24-20(27)12-25(4)11-19(26)22-7-6-8-28-5/h9-10,13H,6-8,11-12H2,1-5H3,(H,22,26)(H,23,24,27). The number of carbonyl (C=O) groups excluding carboxylic acids is 2. The van der Waals surface area contributed by atoms with Gasteiger partial charge in [0, 0.05) is 31.2 Å². The van der Waals surface area contributed by atoms with Crippen LogP contribution in [-0.4, -0.2) is 62.1 Å². The molecule has 158 valence electrons. The van der Waals surface area contributed by atoms with E-state index in [1.165, 1.54) is 22.5 Å². The normalized spacial score (nSPS) is 11.0. The average molecular weight is 419 g/mol. The van der Waals surface area contributed by atoms with Gasteiger partial charge in [-0.3, -0.25) is 14.5 Å². The van der Waals surface area contributed by atoms with E-state index in [-0.39, 0.29) is 24.9 Å². The molecule has 1 heterocycles. The minimum atomic E-state index is -0.197. The molecule has 8 heteroatoms. The highest BCUT2D eigenvalue weighted by Gasteiger charge is 2.14. The lowest BCUT2D eigenvalue weighted by atomic mass is 9.99. The van der Waals surface area contributed by atoms with Gasteiger partial charge in [-0.15, -0.1) is 11.3 Å². The number of hydrogen-bond donors (Lipinski definition) is 2. The van der Waals surface area contributed by atoms with Crippen molar-refractivity contribution in [3.8, 4) is 11.3 Å². The lowest BCUT2D eigenvalue weighted by Crippen LogP contribution is -2.39. The van der Waals surface area contributed by atoms with Crippen LogP contribution in [0.1, 0.15) is 23.1 Å². The van der Waals surface area contributed by atoms with Crippen LogP contribution in [0.4, 0.5) is 5.13 Å². The lowest BCUT2D eigenvalue weighted by Gasteiger charge is -2.15. The van der Waals surface area contributed by atoms with Crippen molar-refractivity contribution in [2.45, 2.75) is 27.2 Å². The molecule has 0 atom stereocenters. The maximum absolute atomic E-state index is 12.3. The van der Waals surface area contributed by atoms with E-state index >= 15 is 0 Å². The Bertz CT molecular complexity index is 850. The summed E-state index contributed by atoms with van der Waals surface area (Å²) in [5.41, 5.74) is 5.56. The van der Waals surface area contributed by atoms with Crippen molar-refractivity contribution in [3.05, 3.63) is 34.2 Å². The molecule has 0 aliphatic carbocycles. The summed E-state index contributed by atoms with van der Waals surface area (Å²) in [4.78, 5) is 30.4. The number of benzene rings is 1. The van der Waals surface area contributed by atoms with Gasteiger partial charge in [-0.25, -0.2) is 4.98 Å². The summed E-state index contributed by atoms with van der Waals surface area (Å²) in [6.45, 7) is 7.68. The van der Waals surface area contributed by atoms with Gasteiger partial charge in [0.05, 0.1) is 18.8 Å². The molecule has 0 aliphatic rings. The summed E-state index contributed by atoms with van der Waals surface area (Å²) in [6.07, 6.45) is 0.763. The van der Waals surface area contributed by atoms with E-state index in [1.807, 2.05) is 5.38 Å². The maximum atomic E-state index is 12.3. The second-order valence-corrected chi connectivity index (χ2v) is 8.06. The Hall–Kier alpha value is -2.29. The zero-order valence-corrected chi connectivity index (χ0v) is 18.6. The summed E-state index contributed by atoms with van der Waals surface area (Å²) in [7, 11) is 3.36. The van der Waals surface area contributed by atoms with E-state index in [0.717, 1.165) is 23.2 Å². The number of likely N-dealkylation sites (N-methyl/N-ethyl adjacent to an activating group) is 1. The van der Waals surface area contributed by atoms with Crippen molar-refractivity contribution < 1.29 is 14.3 Å². The molecular formula is C21H30N4O3S. The zero-order valence-electron chi connectivity index (χ0n) is 17.8. The molecule has 0 saturated carbocycles. The lowest BCUT2D eigenvalue weighted by molar-refractivity contribution is -0.123. The van der Waals surface area contributed by atoms with Crippen LogP contribution < -0.4 is 10.6 Å². The fraction of sp³-hybridized carbons (Fsp3) is 0.476. The Morgan fingerprint density at radius 3 is 2.52 bits per heavy atom. The topological polar surface area (TPSA) is 83.6 Å². The summed E-state index contributed by atoms with van der Waals surface area (Å²) in [5.74, 6) is -0.310. The minimum absolute atomic E-state index is 0.113. The number of amides is 2. The number of hydrogen-bond acceptors (Lipinski definition) is 6. The predicted molar refractivity (Wildman–Crippen MR) is 117 cm³/mol. The number of aryl methyl sites for hydroxylation is 3. The SMILES string of the molecule is COCCCNC(=O)CN(C)CC(=O)Nc1nc(-c2cc(C)c(C)cc2C)cs1. The molecule has 2 rings (SSSR count). The van der Waals surface area contributed by atoms with E-state index in [1.54, 1.807) is 19.1 Å². The number of thiazole rings is 1. The summed E-state index contributed by atoms with van der Waals surface area (Å²) in [6, 6.07) is 4.28. The van der Waals surface area contributed by atoms with E-state index in [0.29, 0.717) is 18.3 Å². The fourth-order valence-electron chi connectivity index (χ4n) is 2.90. The van der Waals surface area contributed by atoms with Gasteiger partial charge in [0.1, 0.15) is 0 Å². The zero-order chi connectivity index (χ0) is 21.4. The molecule has 0 saturated heterocycles. The molecule has 2 N–H and O–H groups in total. The molecule has 7 nitrogen and oxygen atoms in total. The van der Waals surface area contributed by atoms with Crippen LogP contribution in [0.15, 0.2) is 17.5 Å². The number of nitrogens with zero attached hydrogens (tertiary/aromatic N) is 2. The highest BCUT2D eigenvalue weighted by atomic mass is 32.1. The smallest absolute Gasteiger partial charge is 0.240 e. The number of carbonyl (C=O) groups is 2. The number of anilines is 1. The number of nitrogens with one attached hydrogen (secondary N) is 2. The third-order valence-corrected chi connectivity index (χ3v) is 5.30. The number of aromatic nitrogens is 1. The van der Waals surface area contributed by atoms with Crippen molar-refractivity contribution in [2.24, 2.45) is 0 Å². The Morgan fingerprint density at radius 1 is 1.10 bits per heavy atom. The second kappa shape index (κ2) is 11.0. The molecule has 2 aromatic rings. The Morgan fingerprint density at radius 2 is 1.79 bits per heavy atom. The first-order valence-electron chi connectivity index (χ1n) is 9.58. The van der Waals surface area contributed by atoms with Gasteiger partial charge in [0.15, 0.2) is 5.13 Å². The Labute approximate surface area is 176 Å². The van der Waals surface area contributed by atoms with E-state index < -0.39 is 0 Å². The highest BCUT2D eigenvalue weighted by molar-refractivity contribution is 7.14. The molecule has 0 radical (unpaired) electrons. The van der Waals surface area contributed by atoms with Crippen molar-refractivity contribution in [3.63, 3.8) is 0 Å². The molecule has 1 aromatic carbocycles. The monoisotopic (exact) mass is 418 g/mol. The molecule has 0 fully saturated rings. The molecular weight excluding hydrogens is 388 g/mol. The summed E-state index contributed by atoms with van der Waals surface area (Å²) in [5, 5.41) is 8.13. The van der Waals surface area contributed by atoms with E-state index in [4.69, 9.17) is 4.74 Å². The van der Waals surface area contributed by atoms with Gasteiger partial charge in [-0.1, -0.05) is 6.07 Å². The molecule has 0 unspecified atom stereocenters. The van der Waals surface area contributed by atoms with Crippen LogP contribution in [0.5, 0.6) is 0 Å². The molecule has 2 amide bonds. The highest BCUT2D eigenvalue weighted by Crippen LogP contribution is 2.29. The van der Waals surface area contributed by atoms with Gasteiger partial charge < -0.3 is 15.4 Å². The third-order valence-electron chi connectivity index (χ3n) is 4.54. The van der Waals surface area contributed by atoms with Gasteiger partial charge in [-0.05, 0) is 57.0 Å². The van der Waals surface area contributed by atoms with Crippen LogP contribution in [-0.2, 0) is 14.3 Å². The minimum Gasteiger partial charge on any atom is -0.385 e. The number of ether oxygens (including phenoxy) is 1. The number of methoxy groups -OCH3 is 1. The fourth-order valence-corrected chi connectivity index (χ4v) is 3.62. The first-order valence-corrected chi connectivity index (χ1v) is 10.5. The van der Waals surface area contributed by atoms with Crippen LogP contribution in [0.2, 0.25) is 0 Å². The van der Waals surface area contributed by atoms with Crippen molar-refractivity contribution in [1.82, 2.24) is 15.2 Å². The molecule has 0 aliphatic heterocycles. The van der Waals surface area contributed by atoms with Crippen LogP contribution >= 0.6 is 11.3 Å². The van der Waals surface area contributed by atoms with Crippen LogP contribution in [0, 0.1) is 20.8 Å². The van der Waals surface area contributed by atoms with Crippen molar-refractivity contribution >= 4 is 28.3 Å². The first kappa shape index (κ1) is 23.0. The molecule has 0 bridgehead atoms.